The van der Waals surface area contributed by atoms with Gasteiger partial charge in [-0.15, -0.1) is 0 Å². The summed E-state index contributed by atoms with van der Waals surface area (Å²) in [6.07, 6.45) is 2.45. The highest BCUT2D eigenvalue weighted by Crippen LogP contribution is 2.22. The number of hydrogen-bond donors (Lipinski definition) is 1. The van der Waals surface area contributed by atoms with E-state index < -0.39 is 0 Å². The van der Waals surface area contributed by atoms with E-state index in [9.17, 15) is 5.11 Å². The van der Waals surface area contributed by atoms with Crippen LogP contribution in [0.15, 0.2) is 59.1 Å². The Labute approximate surface area is 117 Å². The lowest BCUT2D eigenvalue weighted by molar-refractivity contribution is 0.164. The molecular formula is C16H17BrO. The monoisotopic (exact) mass is 304 g/mol. The van der Waals surface area contributed by atoms with Gasteiger partial charge in [-0.05, 0) is 42.5 Å². The maximum atomic E-state index is 10.1. The van der Waals surface area contributed by atoms with Gasteiger partial charge in [0.25, 0.3) is 0 Å². The first-order valence-corrected chi connectivity index (χ1v) is 7.02. The standard InChI is InChI=1S/C16H17BrO/c17-15-10-5-9-14(12-15)16(18)11-4-8-13-6-2-1-3-7-13/h1-3,5-7,9-10,12,16,18H,4,8,11H2. The van der Waals surface area contributed by atoms with Crippen LogP contribution >= 0.6 is 15.9 Å². The molecule has 0 fully saturated rings. The molecule has 0 aromatic heterocycles. The van der Waals surface area contributed by atoms with Gasteiger partial charge in [-0.2, -0.15) is 0 Å². The van der Waals surface area contributed by atoms with Crippen LogP contribution in [0, 0.1) is 0 Å². The normalized spacial score (nSPS) is 12.3. The van der Waals surface area contributed by atoms with Crippen LogP contribution < -0.4 is 0 Å². The Morgan fingerprint density at radius 2 is 1.78 bits per heavy atom. The first kappa shape index (κ1) is 13.3. The lowest BCUT2D eigenvalue weighted by Crippen LogP contribution is -1.98. The van der Waals surface area contributed by atoms with Gasteiger partial charge in [-0.1, -0.05) is 58.4 Å². The summed E-state index contributed by atoms with van der Waals surface area (Å²) in [5, 5.41) is 10.1. The molecule has 0 amide bonds. The maximum absolute atomic E-state index is 10.1. The van der Waals surface area contributed by atoms with Gasteiger partial charge in [0.2, 0.25) is 0 Å². The number of benzene rings is 2. The average Bonchev–Trinajstić information content (AvgIpc) is 2.40. The molecule has 2 aromatic carbocycles. The third-order valence-corrected chi connectivity index (χ3v) is 3.51. The zero-order chi connectivity index (χ0) is 12.8. The average molecular weight is 305 g/mol. The van der Waals surface area contributed by atoms with E-state index in [1.807, 2.05) is 30.3 Å². The second kappa shape index (κ2) is 6.72. The van der Waals surface area contributed by atoms with E-state index in [2.05, 4.69) is 40.2 Å². The quantitative estimate of drug-likeness (QED) is 0.862. The first-order valence-electron chi connectivity index (χ1n) is 6.23. The van der Waals surface area contributed by atoms with Crippen molar-refractivity contribution < 1.29 is 5.11 Å². The van der Waals surface area contributed by atoms with Crippen molar-refractivity contribution in [3.05, 3.63) is 70.2 Å². The van der Waals surface area contributed by atoms with Crippen molar-refractivity contribution in [2.45, 2.75) is 25.4 Å². The molecule has 0 saturated heterocycles. The van der Waals surface area contributed by atoms with E-state index in [1.165, 1.54) is 5.56 Å². The number of aryl methyl sites for hydroxylation is 1. The molecule has 0 saturated carbocycles. The molecule has 0 radical (unpaired) electrons. The fourth-order valence-electron chi connectivity index (χ4n) is 2.02. The highest BCUT2D eigenvalue weighted by Gasteiger charge is 2.07. The molecule has 1 N–H and O–H groups in total. The molecule has 0 spiro atoms. The summed E-state index contributed by atoms with van der Waals surface area (Å²) < 4.78 is 1.02. The van der Waals surface area contributed by atoms with Gasteiger partial charge in [0.1, 0.15) is 0 Å². The SMILES string of the molecule is OC(CCCc1ccccc1)c1cccc(Br)c1. The van der Waals surface area contributed by atoms with Gasteiger partial charge < -0.3 is 5.11 Å². The summed E-state index contributed by atoms with van der Waals surface area (Å²) in [6.45, 7) is 0. The van der Waals surface area contributed by atoms with E-state index in [4.69, 9.17) is 0 Å². The molecule has 0 bridgehead atoms. The molecule has 2 rings (SSSR count). The van der Waals surface area contributed by atoms with Crippen LogP contribution in [0.1, 0.15) is 30.1 Å². The van der Waals surface area contributed by atoms with Gasteiger partial charge in [-0.3, -0.25) is 0 Å². The molecule has 0 aliphatic rings. The van der Waals surface area contributed by atoms with E-state index in [-0.39, 0.29) is 6.10 Å². The summed E-state index contributed by atoms with van der Waals surface area (Å²) in [6, 6.07) is 18.3. The second-order valence-corrected chi connectivity index (χ2v) is 5.36. The van der Waals surface area contributed by atoms with E-state index in [0.29, 0.717) is 0 Å². The Balaban J connectivity index is 1.83. The van der Waals surface area contributed by atoms with Crippen molar-refractivity contribution in [2.75, 3.05) is 0 Å². The highest BCUT2D eigenvalue weighted by atomic mass is 79.9. The van der Waals surface area contributed by atoms with Crippen LogP contribution in [0.5, 0.6) is 0 Å². The fraction of sp³-hybridized carbons (Fsp3) is 0.250. The molecule has 2 heteroatoms. The van der Waals surface area contributed by atoms with Crippen LogP contribution in [0.25, 0.3) is 0 Å². The van der Waals surface area contributed by atoms with Crippen LogP contribution in [-0.2, 0) is 6.42 Å². The molecule has 94 valence electrons. The Morgan fingerprint density at radius 3 is 2.50 bits per heavy atom. The Morgan fingerprint density at radius 1 is 1.00 bits per heavy atom. The lowest BCUT2D eigenvalue weighted by atomic mass is 10.0. The van der Waals surface area contributed by atoms with Crippen molar-refractivity contribution in [3.8, 4) is 0 Å². The summed E-state index contributed by atoms with van der Waals surface area (Å²) in [7, 11) is 0. The van der Waals surface area contributed by atoms with Crippen molar-refractivity contribution in [3.63, 3.8) is 0 Å². The van der Waals surface area contributed by atoms with Gasteiger partial charge in [-0.25, -0.2) is 0 Å². The molecule has 1 nitrogen and oxygen atoms in total. The minimum absolute atomic E-state index is 0.369. The van der Waals surface area contributed by atoms with E-state index in [0.717, 1.165) is 29.3 Å². The minimum atomic E-state index is -0.369. The van der Waals surface area contributed by atoms with Crippen molar-refractivity contribution in [1.29, 1.82) is 0 Å². The number of rotatable bonds is 5. The number of halogens is 1. The van der Waals surface area contributed by atoms with Crippen LogP contribution in [0.3, 0.4) is 0 Å². The van der Waals surface area contributed by atoms with E-state index in [1.54, 1.807) is 0 Å². The summed E-state index contributed by atoms with van der Waals surface area (Å²) in [5.74, 6) is 0. The van der Waals surface area contributed by atoms with Crippen molar-refractivity contribution in [1.82, 2.24) is 0 Å². The fourth-order valence-corrected chi connectivity index (χ4v) is 2.44. The van der Waals surface area contributed by atoms with Crippen LogP contribution in [-0.4, -0.2) is 5.11 Å². The molecular weight excluding hydrogens is 288 g/mol. The molecule has 2 aromatic rings. The number of aliphatic hydroxyl groups is 1. The molecule has 0 aliphatic heterocycles. The zero-order valence-electron chi connectivity index (χ0n) is 10.2. The molecule has 18 heavy (non-hydrogen) atoms. The highest BCUT2D eigenvalue weighted by molar-refractivity contribution is 9.10. The maximum Gasteiger partial charge on any atom is 0.0790 e. The van der Waals surface area contributed by atoms with Gasteiger partial charge >= 0.3 is 0 Å². The number of aliphatic hydroxyl groups excluding tert-OH is 1. The van der Waals surface area contributed by atoms with Gasteiger partial charge in [0.05, 0.1) is 6.10 Å². The summed E-state index contributed by atoms with van der Waals surface area (Å²) in [5.41, 5.74) is 2.32. The van der Waals surface area contributed by atoms with Crippen molar-refractivity contribution in [2.24, 2.45) is 0 Å². The molecule has 1 unspecified atom stereocenters. The zero-order valence-corrected chi connectivity index (χ0v) is 11.8. The summed E-state index contributed by atoms with van der Waals surface area (Å²) >= 11 is 3.42. The predicted octanol–water partition coefficient (Wildman–Crippen LogP) is 4.51. The van der Waals surface area contributed by atoms with Crippen LogP contribution in [0.2, 0.25) is 0 Å². The number of hydrogen-bond acceptors (Lipinski definition) is 1. The van der Waals surface area contributed by atoms with Gasteiger partial charge in [0.15, 0.2) is 0 Å². The van der Waals surface area contributed by atoms with E-state index >= 15 is 0 Å². The van der Waals surface area contributed by atoms with Crippen LogP contribution in [0.4, 0.5) is 0 Å². The largest absolute Gasteiger partial charge is 0.388 e. The third kappa shape index (κ3) is 3.97. The van der Waals surface area contributed by atoms with Gasteiger partial charge in [0, 0.05) is 4.47 Å². The Bertz CT molecular complexity index is 481. The smallest absolute Gasteiger partial charge is 0.0790 e. The molecule has 0 aliphatic carbocycles. The Hall–Kier alpha value is -1.12. The summed E-state index contributed by atoms with van der Waals surface area (Å²) in [4.78, 5) is 0. The second-order valence-electron chi connectivity index (χ2n) is 4.45. The predicted molar refractivity (Wildman–Crippen MR) is 78.5 cm³/mol. The Kier molecular flexibility index (Phi) is 4.97. The third-order valence-electron chi connectivity index (χ3n) is 3.02. The molecule has 0 heterocycles. The molecule has 1 atom stereocenters. The van der Waals surface area contributed by atoms with Crippen molar-refractivity contribution >= 4 is 15.9 Å². The minimum Gasteiger partial charge on any atom is -0.388 e. The lowest BCUT2D eigenvalue weighted by Gasteiger charge is -2.11. The topological polar surface area (TPSA) is 20.2 Å². The first-order chi connectivity index (χ1) is 8.75.